The van der Waals surface area contributed by atoms with Gasteiger partial charge in [-0.15, -0.1) is 0 Å². The zero-order chi connectivity index (χ0) is 18.2. The molecule has 0 unspecified atom stereocenters. The number of hydrogen-bond acceptors (Lipinski definition) is 4. The monoisotopic (exact) mass is 350 g/mol. The van der Waals surface area contributed by atoms with Gasteiger partial charge in [-0.25, -0.2) is 0 Å². The molecule has 0 aromatic heterocycles. The smallest absolute Gasteiger partial charge is 0.182 e. The van der Waals surface area contributed by atoms with Gasteiger partial charge in [0.15, 0.2) is 5.78 Å². The van der Waals surface area contributed by atoms with Crippen LogP contribution in [-0.2, 0) is 0 Å². The lowest BCUT2D eigenvalue weighted by Crippen LogP contribution is -2.35. The zero-order valence-corrected chi connectivity index (χ0v) is 15.4. The second-order valence-corrected chi connectivity index (χ2v) is 6.41. The minimum Gasteiger partial charge on any atom is -0.494 e. The van der Waals surface area contributed by atoms with E-state index in [1.54, 1.807) is 0 Å². The Morgan fingerprint density at radius 1 is 1.04 bits per heavy atom. The summed E-state index contributed by atoms with van der Waals surface area (Å²) in [6.45, 7) is 3.75. The summed E-state index contributed by atoms with van der Waals surface area (Å²) in [7, 11) is 0. The van der Waals surface area contributed by atoms with Crippen molar-refractivity contribution in [1.29, 1.82) is 0 Å². The maximum atomic E-state index is 12.8. The molecule has 2 aromatic rings. The van der Waals surface area contributed by atoms with Gasteiger partial charge in [-0.1, -0.05) is 36.8 Å². The van der Waals surface area contributed by atoms with E-state index in [-0.39, 0.29) is 5.78 Å². The number of ether oxygens (including phenoxy) is 1. The second kappa shape index (κ2) is 9.18. The molecule has 0 N–H and O–H groups in total. The predicted molar refractivity (Wildman–Crippen MR) is 106 cm³/mol. The van der Waals surface area contributed by atoms with Gasteiger partial charge in [0.25, 0.3) is 0 Å². The van der Waals surface area contributed by atoms with E-state index in [0.717, 1.165) is 48.6 Å². The van der Waals surface area contributed by atoms with Gasteiger partial charge >= 0.3 is 0 Å². The van der Waals surface area contributed by atoms with Crippen LogP contribution in [0, 0.1) is 0 Å². The fourth-order valence-corrected chi connectivity index (χ4v) is 3.16. The van der Waals surface area contributed by atoms with Crippen LogP contribution in [0.15, 0.2) is 59.6 Å². The van der Waals surface area contributed by atoms with Gasteiger partial charge in [0.05, 0.1) is 13.2 Å². The third kappa shape index (κ3) is 4.72. The minimum absolute atomic E-state index is 0.103. The Kier molecular flexibility index (Phi) is 6.42. The summed E-state index contributed by atoms with van der Waals surface area (Å²) in [4.78, 5) is 19.6. The highest BCUT2D eigenvalue weighted by Crippen LogP contribution is 2.23. The van der Waals surface area contributed by atoms with Gasteiger partial charge in [-0.05, 0) is 44.0 Å². The number of rotatable bonds is 6. The number of nitrogens with zero attached hydrogens (tertiary/aromatic N) is 2. The highest BCUT2D eigenvalue weighted by atomic mass is 16.5. The molecule has 0 bridgehead atoms. The van der Waals surface area contributed by atoms with Crippen LogP contribution in [0.25, 0.3) is 0 Å². The van der Waals surface area contributed by atoms with Crippen molar-refractivity contribution in [3.63, 3.8) is 0 Å². The van der Waals surface area contributed by atoms with E-state index >= 15 is 0 Å². The first-order chi connectivity index (χ1) is 12.8. The molecular weight excluding hydrogens is 324 g/mol. The summed E-state index contributed by atoms with van der Waals surface area (Å²) in [5, 5.41) is 0. The van der Waals surface area contributed by atoms with E-state index < -0.39 is 0 Å². The van der Waals surface area contributed by atoms with Crippen LogP contribution < -0.4 is 9.64 Å². The third-order valence-electron chi connectivity index (χ3n) is 4.52. The molecule has 0 radical (unpaired) electrons. The average molecular weight is 350 g/mol. The summed E-state index contributed by atoms with van der Waals surface area (Å²) < 4.78 is 5.54. The number of hydrogen-bond donors (Lipinski definition) is 0. The first-order valence-electron chi connectivity index (χ1n) is 9.40. The summed E-state index contributed by atoms with van der Waals surface area (Å²) in [5.41, 5.74) is 1.72. The molecule has 0 saturated heterocycles. The maximum absolute atomic E-state index is 12.8. The van der Waals surface area contributed by atoms with E-state index in [0.29, 0.717) is 13.2 Å². The van der Waals surface area contributed by atoms with Crippen molar-refractivity contribution in [3.05, 3.63) is 60.2 Å². The van der Waals surface area contributed by atoms with Crippen molar-refractivity contribution >= 4 is 17.3 Å². The van der Waals surface area contributed by atoms with E-state index in [4.69, 9.17) is 9.73 Å². The van der Waals surface area contributed by atoms with Crippen molar-refractivity contribution in [2.45, 2.75) is 32.6 Å². The number of amidine groups is 1. The molecule has 0 amide bonds. The number of ketones is 1. The van der Waals surface area contributed by atoms with Crippen LogP contribution >= 0.6 is 0 Å². The number of anilines is 1. The molecule has 0 fully saturated rings. The molecule has 0 saturated carbocycles. The Morgan fingerprint density at radius 2 is 1.81 bits per heavy atom. The second-order valence-electron chi connectivity index (χ2n) is 6.41. The van der Waals surface area contributed by atoms with Crippen molar-refractivity contribution in [3.8, 4) is 5.75 Å². The van der Waals surface area contributed by atoms with Gasteiger partial charge in [-0.3, -0.25) is 9.79 Å². The van der Waals surface area contributed by atoms with Crippen LogP contribution in [0.4, 0.5) is 5.69 Å². The highest BCUT2D eigenvalue weighted by molar-refractivity contribution is 6.07. The molecule has 1 heterocycles. The van der Waals surface area contributed by atoms with Crippen LogP contribution in [0.2, 0.25) is 0 Å². The lowest BCUT2D eigenvalue weighted by molar-refractivity contribution is 0.100. The molecule has 0 atom stereocenters. The number of benzene rings is 2. The van der Waals surface area contributed by atoms with E-state index in [2.05, 4.69) is 4.90 Å². The molecule has 26 heavy (non-hydrogen) atoms. The summed E-state index contributed by atoms with van der Waals surface area (Å²) in [6, 6.07) is 17.4. The lowest BCUT2D eigenvalue weighted by atomic mass is 10.1. The van der Waals surface area contributed by atoms with Crippen molar-refractivity contribution < 1.29 is 9.53 Å². The van der Waals surface area contributed by atoms with Gasteiger partial charge in [0, 0.05) is 24.2 Å². The third-order valence-corrected chi connectivity index (χ3v) is 4.52. The van der Waals surface area contributed by atoms with Crippen LogP contribution in [0.3, 0.4) is 0 Å². The predicted octanol–water partition coefficient (Wildman–Crippen LogP) is 4.75. The first kappa shape index (κ1) is 18.2. The van der Waals surface area contributed by atoms with Crippen LogP contribution in [0.1, 0.15) is 43.0 Å². The maximum Gasteiger partial charge on any atom is 0.182 e. The summed E-state index contributed by atoms with van der Waals surface area (Å²) >= 11 is 0. The quantitative estimate of drug-likeness (QED) is 0.706. The standard InChI is InChI=1S/C22H26N2O2/c1-2-26-20-14-12-19(13-15-20)24(22-11-7-4-8-16-23-22)17-21(25)18-9-5-3-6-10-18/h3,5-6,9-10,12-15H,2,4,7-8,11,16-17H2,1H3. The lowest BCUT2D eigenvalue weighted by Gasteiger charge is -2.26. The Bertz CT molecular complexity index is 738. The van der Waals surface area contributed by atoms with Crippen LogP contribution in [-0.4, -0.2) is 31.3 Å². The molecule has 4 nitrogen and oxygen atoms in total. The minimum atomic E-state index is 0.103. The Hall–Kier alpha value is -2.62. The SMILES string of the molecule is CCOc1ccc(N(CC(=O)c2ccccc2)C2=NCCCCC2)cc1. The number of carbonyl (C=O) groups excluding carboxylic acids is 1. The zero-order valence-electron chi connectivity index (χ0n) is 15.4. The summed E-state index contributed by atoms with van der Waals surface area (Å²) in [6.07, 6.45) is 4.34. The number of aliphatic imine (C=N–C) groups is 1. The Morgan fingerprint density at radius 3 is 2.54 bits per heavy atom. The topological polar surface area (TPSA) is 41.9 Å². The van der Waals surface area contributed by atoms with Crippen molar-refractivity contribution in [2.24, 2.45) is 4.99 Å². The summed E-state index contributed by atoms with van der Waals surface area (Å²) in [5.74, 6) is 1.95. The van der Waals surface area contributed by atoms with Gasteiger partial charge in [0.1, 0.15) is 11.6 Å². The average Bonchev–Trinajstić information content (AvgIpc) is 2.97. The largest absolute Gasteiger partial charge is 0.494 e. The van der Waals surface area contributed by atoms with E-state index in [1.807, 2.05) is 61.5 Å². The molecule has 0 spiro atoms. The molecular formula is C22H26N2O2. The van der Waals surface area contributed by atoms with Gasteiger partial charge in [-0.2, -0.15) is 0 Å². The normalized spacial score (nSPS) is 14.3. The Balaban J connectivity index is 1.86. The highest BCUT2D eigenvalue weighted by Gasteiger charge is 2.19. The van der Waals surface area contributed by atoms with Crippen molar-refractivity contribution in [2.75, 3.05) is 24.6 Å². The van der Waals surface area contributed by atoms with Crippen LogP contribution in [0.5, 0.6) is 5.75 Å². The van der Waals surface area contributed by atoms with Gasteiger partial charge < -0.3 is 9.64 Å². The number of carbonyl (C=O) groups is 1. The molecule has 1 aliphatic heterocycles. The molecule has 1 aliphatic rings. The van der Waals surface area contributed by atoms with E-state index in [9.17, 15) is 4.79 Å². The molecule has 4 heteroatoms. The Labute approximate surface area is 155 Å². The molecule has 136 valence electrons. The fraction of sp³-hybridized carbons (Fsp3) is 0.364. The van der Waals surface area contributed by atoms with Crippen molar-refractivity contribution in [1.82, 2.24) is 0 Å². The fourth-order valence-electron chi connectivity index (χ4n) is 3.16. The first-order valence-corrected chi connectivity index (χ1v) is 9.40. The molecule has 3 rings (SSSR count). The number of Topliss-reactive ketones (excluding diaryl/α,β-unsaturated/α-hetero) is 1. The van der Waals surface area contributed by atoms with E-state index in [1.165, 1.54) is 6.42 Å². The van der Waals surface area contributed by atoms with Gasteiger partial charge in [0.2, 0.25) is 0 Å². The molecule has 0 aliphatic carbocycles. The molecule has 2 aromatic carbocycles.